The van der Waals surface area contributed by atoms with E-state index in [1.165, 1.54) is 7.11 Å². The third-order valence-electron chi connectivity index (χ3n) is 1.80. The van der Waals surface area contributed by atoms with Crippen molar-refractivity contribution in [3.05, 3.63) is 23.1 Å². The van der Waals surface area contributed by atoms with Crippen molar-refractivity contribution in [1.82, 2.24) is 0 Å². The normalized spacial score (nSPS) is 11.2. The fourth-order valence-electron chi connectivity index (χ4n) is 1.05. The van der Waals surface area contributed by atoms with Crippen LogP contribution in [0.4, 0.5) is 0 Å². The molecule has 0 aliphatic carbocycles. The van der Waals surface area contributed by atoms with Gasteiger partial charge in [0.25, 0.3) is 0 Å². The molecule has 0 rings (SSSR count). The molecule has 1 atom stereocenters. The van der Waals surface area contributed by atoms with Gasteiger partial charge in [-0.25, -0.2) is 0 Å². The van der Waals surface area contributed by atoms with Gasteiger partial charge in [0, 0.05) is 4.91 Å². The molecular weight excluding hydrogens is 182 g/mol. The summed E-state index contributed by atoms with van der Waals surface area (Å²) in [5.74, 6) is -0.471. The topological polar surface area (TPSA) is 75.1 Å². The van der Waals surface area contributed by atoms with E-state index in [9.17, 15) is 4.79 Å². The summed E-state index contributed by atoms with van der Waals surface area (Å²) in [7, 11) is 1.28. The number of carbonyl (C=O) groups excluding carboxylic acids is 1. The summed E-state index contributed by atoms with van der Waals surface area (Å²) in [5.41, 5.74) is 8.22. The van der Waals surface area contributed by atoms with Crippen molar-refractivity contribution in [2.45, 2.75) is 31.7 Å². The zero-order valence-electron chi connectivity index (χ0n) is 8.35. The first-order valence-electron chi connectivity index (χ1n) is 4.49. The average molecular weight is 197 g/mol. The highest BCUT2D eigenvalue weighted by molar-refractivity contribution is 5.75. The lowest BCUT2D eigenvalue weighted by Crippen LogP contribution is -2.19. The van der Waals surface area contributed by atoms with E-state index in [0.29, 0.717) is 6.42 Å². The van der Waals surface area contributed by atoms with Gasteiger partial charge in [0.1, 0.15) is 6.04 Å². The highest BCUT2D eigenvalue weighted by atomic mass is 16.5. The zero-order chi connectivity index (χ0) is 10.8. The van der Waals surface area contributed by atoms with Crippen LogP contribution in [-0.4, -0.2) is 19.1 Å². The Morgan fingerprint density at radius 3 is 2.93 bits per heavy atom. The Bertz CT molecular complexity index is 234. The SMILES string of the molecule is C=CCCCCC(N=[N+]=[N-])C(=O)OC. The Morgan fingerprint density at radius 2 is 2.43 bits per heavy atom. The fraction of sp³-hybridized carbons (Fsp3) is 0.667. The standard InChI is InChI=1S/C9H15N3O2/c1-3-4-5-6-7-8(11-12-10)9(13)14-2/h3,8H,1,4-7H2,2H3. The maximum Gasteiger partial charge on any atom is 0.314 e. The minimum absolute atomic E-state index is 0.471. The number of unbranched alkanes of at least 4 members (excludes halogenated alkanes) is 2. The van der Waals surface area contributed by atoms with E-state index in [4.69, 9.17) is 5.53 Å². The van der Waals surface area contributed by atoms with Gasteiger partial charge >= 0.3 is 5.97 Å². The van der Waals surface area contributed by atoms with Gasteiger partial charge in [-0.3, -0.25) is 4.79 Å². The molecule has 0 heterocycles. The molecule has 0 aliphatic heterocycles. The van der Waals surface area contributed by atoms with Crippen LogP contribution in [-0.2, 0) is 9.53 Å². The van der Waals surface area contributed by atoms with Crippen LogP contribution in [0.25, 0.3) is 10.4 Å². The summed E-state index contributed by atoms with van der Waals surface area (Å²) in [6.45, 7) is 3.59. The first-order valence-corrected chi connectivity index (χ1v) is 4.49. The van der Waals surface area contributed by atoms with Crippen LogP contribution in [0.15, 0.2) is 17.8 Å². The second-order valence-electron chi connectivity index (χ2n) is 2.82. The summed E-state index contributed by atoms with van der Waals surface area (Å²) in [6.07, 6.45) is 5.03. The summed E-state index contributed by atoms with van der Waals surface area (Å²) in [5, 5.41) is 3.37. The van der Waals surface area contributed by atoms with Gasteiger partial charge in [-0.15, -0.1) is 6.58 Å². The Labute approximate surface area is 83.4 Å². The summed E-state index contributed by atoms with van der Waals surface area (Å²) >= 11 is 0. The minimum Gasteiger partial charge on any atom is -0.469 e. The van der Waals surface area contributed by atoms with E-state index < -0.39 is 12.0 Å². The van der Waals surface area contributed by atoms with Gasteiger partial charge in [-0.1, -0.05) is 17.6 Å². The van der Waals surface area contributed by atoms with Gasteiger partial charge in [0.2, 0.25) is 0 Å². The average Bonchev–Trinajstić information content (AvgIpc) is 2.21. The second-order valence-corrected chi connectivity index (χ2v) is 2.82. The number of allylic oxidation sites excluding steroid dienone is 1. The van der Waals surface area contributed by atoms with E-state index in [1.54, 1.807) is 0 Å². The molecule has 5 heteroatoms. The summed E-state index contributed by atoms with van der Waals surface area (Å²) in [6, 6.07) is -0.685. The highest BCUT2D eigenvalue weighted by Crippen LogP contribution is 2.08. The van der Waals surface area contributed by atoms with Gasteiger partial charge < -0.3 is 4.74 Å². The summed E-state index contributed by atoms with van der Waals surface area (Å²) < 4.78 is 4.50. The number of methoxy groups -OCH3 is 1. The Hall–Kier alpha value is -1.48. The molecule has 0 N–H and O–H groups in total. The van der Waals surface area contributed by atoms with Gasteiger partial charge in [-0.05, 0) is 24.8 Å². The lowest BCUT2D eigenvalue weighted by Gasteiger charge is -2.07. The Morgan fingerprint density at radius 1 is 1.71 bits per heavy atom. The van der Waals surface area contributed by atoms with E-state index in [1.807, 2.05) is 6.08 Å². The van der Waals surface area contributed by atoms with Crippen LogP contribution in [0.1, 0.15) is 25.7 Å². The first-order chi connectivity index (χ1) is 6.76. The fourth-order valence-corrected chi connectivity index (χ4v) is 1.05. The molecular formula is C9H15N3O2. The van der Waals surface area contributed by atoms with Crippen LogP contribution in [0, 0.1) is 0 Å². The molecule has 0 aromatic heterocycles. The molecule has 0 amide bonds. The van der Waals surface area contributed by atoms with Crippen LogP contribution in [0.3, 0.4) is 0 Å². The monoisotopic (exact) mass is 197 g/mol. The number of hydrogen-bond donors (Lipinski definition) is 0. The van der Waals surface area contributed by atoms with E-state index >= 15 is 0 Å². The molecule has 0 bridgehead atoms. The van der Waals surface area contributed by atoms with Gasteiger partial charge in [-0.2, -0.15) is 0 Å². The maximum atomic E-state index is 11.1. The smallest absolute Gasteiger partial charge is 0.314 e. The molecule has 1 unspecified atom stereocenters. The lowest BCUT2D eigenvalue weighted by atomic mass is 10.1. The van der Waals surface area contributed by atoms with Gasteiger partial charge in [0.15, 0.2) is 0 Å². The predicted octanol–water partition coefficient (Wildman–Crippen LogP) is 2.58. The predicted molar refractivity (Wildman–Crippen MR) is 53.6 cm³/mol. The molecule has 0 saturated heterocycles. The first kappa shape index (κ1) is 12.5. The number of azide groups is 1. The maximum absolute atomic E-state index is 11.1. The van der Waals surface area contributed by atoms with Crippen molar-refractivity contribution >= 4 is 5.97 Å². The number of carbonyl (C=O) groups is 1. The Kier molecular flexibility index (Phi) is 7.27. The van der Waals surface area contributed by atoms with Gasteiger partial charge in [0.05, 0.1) is 7.11 Å². The number of hydrogen-bond acceptors (Lipinski definition) is 3. The zero-order valence-corrected chi connectivity index (χ0v) is 8.35. The number of esters is 1. The van der Waals surface area contributed by atoms with Crippen LogP contribution >= 0.6 is 0 Å². The molecule has 0 saturated carbocycles. The van der Waals surface area contributed by atoms with Crippen molar-refractivity contribution in [1.29, 1.82) is 0 Å². The molecule has 14 heavy (non-hydrogen) atoms. The van der Waals surface area contributed by atoms with Crippen molar-refractivity contribution in [2.75, 3.05) is 7.11 Å². The molecule has 0 spiro atoms. The van der Waals surface area contributed by atoms with Crippen molar-refractivity contribution in [3.8, 4) is 0 Å². The molecule has 0 aliphatic rings. The summed E-state index contributed by atoms with van der Waals surface area (Å²) in [4.78, 5) is 13.7. The van der Waals surface area contributed by atoms with Crippen LogP contribution in [0.5, 0.6) is 0 Å². The second kappa shape index (κ2) is 8.13. The van der Waals surface area contributed by atoms with Crippen molar-refractivity contribution in [3.63, 3.8) is 0 Å². The number of rotatable bonds is 7. The molecule has 0 radical (unpaired) electrons. The molecule has 0 fully saturated rings. The molecule has 0 aromatic rings. The minimum atomic E-state index is -0.685. The van der Waals surface area contributed by atoms with Crippen LogP contribution < -0.4 is 0 Å². The molecule has 5 nitrogen and oxygen atoms in total. The van der Waals surface area contributed by atoms with E-state index in [2.05, 4.69) is 21.3 Å². The quantitative estimate of drug-likeness (QED) is 0.157. The van der Waals surface area contributed by atoms with E-state index in [-0.39, 0.29) is 0 Å². The lowest BCUT2D eigenvalue weighted by molar-refractivity contribution is -0.142. The molecule has 0 aromatic carbocycles. The number of ether oxygens (including phenoxy) is 1. The Balaban J connectivity index is 3.91. The van der Waals surface area contributed by atoms with Crippen molar-refractivity contribution < 1.29 is 9.53 Å². The largest absolute Gasteiger partial charge is 0.469 e. The third kappa shape index (κ3) is 5.22. The van der Waals surface area contributed by atoms with E-state index in [0.717, 1.165) is 19.3 Å². The molecule has 78 valence electrons. The highest BCUT2D eigenvalue weighted by Gasteiger charge is 2.16. The number of nitrogens with zero attached hydrogens (tertiary/aromatic N) is 3. The third-order valence-corrected chi connectivity index (χ3v) is 1.80. The van der Waals surface area contributed by atoms with Crippen LogP contribution in [0.2, 0.25) is 0 Å². The van der Waals surface area contributed by atoms with Crippen molar-refractivity contribution in [2.24, 2.45) is 5.11 Å².